The molecule has 0 radical (unpaired) electrons. The molecule has 0 spiro atoms. The van der Waals surface area contributed by atoms with Crippen LogP contribution in [0.25, 0.3) is 0 Å². The second-order valence-corrected chi connectivity index (χ2v) is 4.95. The van der Waals surface area contributed by atoms with Gasteiger partial charge in [-0.1, -0.05) is 30.3 Å². The van der Waals surface area contributed by atoms with Crippen LogP contribution in [-0.4, -0.2) is 17.2 Å². The van der Waals surface area contributed by atoms with Gasteiger partial charge < -0.3 is 9.84 Å². The summed E-state index contributed by atoms with van der Waals surface area (Å²) < 4.78 is 5.07. The van der Waals surface area contributed by atoms with E-state index in [0.29, 0.717) is 10.6 Å². The molecule has 0 aliphatic carbocycles. The number of rotatable bonds is 5. The minimum Gasteiger partial charge on any atom is -0.481 e. The highest BCUT2D eigenvalue weighted by Crippen LogP contribution is 2.24. The van der Waals surface area contributed by atoms with Crippen LogP contribution in [0.3, 0.4) is 0 Å². The minimum atomic E-state index is -0.941. The van der Waals surface area contributed by atoms with Crippen molar-refractivity contribution >= 4 is 28.4 Å². The largest absolute Gasteiger partial charge is 0.481 e. The molecule has 0 atom stereocenters. The van der Waals surface area contributed by atoms with Crippen molar-refractivity contribution in [2.45, 2.75) is 13.0 Å². The number of hydrogen-bond donors (Lipinski definition) is 2. The smallest absolute Gasteiger partial charge is 0.412 e. The zero-order valence-corrected chi connectivity index (χ0v) is 11.4. The Morgan fingerprint density at radius 3 is 2.65 bits per heavy atom. The van der Waals surface area contributed by atoms with Crippen molar-refractivity contribution in [3.63, 3.8) is 0 Å². The van der Waals surface area contributed by atoms with Crippen LogP contribution in [-0.2, 0) is 22.6 Å². The molecule has 1 aromatic carbocycles. The summed E-state index contributed by atoms with van der Waals surface area (Å²) in [6, 6.07) is 11.0. The van der Waals surface area contributed by atoms with E-state index in [1.165, 1.54) is 11.3 Å². The lowest BCUT2D eigenvalue weighted by Crippen LogP contribution is -2.14. The second-order valence-electron chi connectivity index (χ2n) is 4.03. The Hall–Kier alpha value is -2.34. The first kappa shape index (κ1) is 14.1. The number of nitrogens with one attached hydrogen (secondary N) is 1. The minimum absolute atomic E-state index is 0.127. The lowest BCUT2D eigenvalue weighted by atomic mass is 10.2. The van der Waals surface area contributed by atoms with Gasteiger partial charge in [0.25, 0.3) is 0 Å². The molecular weight excluding hydrogens is 278 g/mol. The molecule has 1 aromatic heterocycles. The summed E-state index contributed by atoms with van der Waals surface area (Å²) in [7, 11) is 0. The summed E-state index contributed by atoms with van der Waals surface area (Å²) in [5, 5.41) is 13.5. The van der Waals surface area contributed by atoms with Gasteiger partial charge in [0.1, 0.15) is 11.6 Å². The van der Waals surface area contributed by atoms with Gasteiger partial charge in [-0.3, -0.25) is 10.1 Å². The van der Waals surface area contributed by atoms with Crippen LogP contribution in [0, 0.1) is 0 Å². The Morgan fingerprint density at radius 1 is 1.20 bits per heavy atom. The molecule has 2 N–H and O–H groups in total. The molecule has 0 unspecified atom stereocenters. The molecule has 6 heteroatoms. The fourth-order valence-electron chi connectivity index (χ4n) is 1.60. The molecule has 104 valence electrons. The molecule has 0 saturated heterocycles. The highest BCUT2D eigenvalue weighted by atomic mass is 32.1. The van der Waals surface area contributed by atoms with E-state index in [-0.39, 0.29) is 13.0 Å². The van der Waals surface area contributed by atoms with E-state index in [9.17, 15) is 9.59 Å². The van der Waals surface area contributed by atoms with Gasteiger partial charge in [0.15, 0.2) is 0 Å². The number of benzene rings is 1. The molecular formula is C14H13NO4S. The Kier molecular flexibility index (Phi) is 4.73. The average Bonchev–Trinajstić information content (AvgIpc) is 2.84. The Bertz CT molecular complexity index is 594. The zero-order valence-electron chi connectivity index (χ0n) is 10.5. The van der Waals surface area contributed by atoms with Crippen molar-refractivity contribution in [3.8, 4) is 0 Å². The zero-order chi connectivity index (χ0) is 14.4. The normalized spacial score (nSPS) is 10.0. The maximum atomic E-state index is 11.6. The number of carboxylic acid groups (broad SMARTS) is 1. The van der Waals surface area contributed by atoms with Gasteiger partial charge in [-0.2, -0.15) is 0 Å². The van der Waals surface area contributed by atoms with Gasteiger partial charge in [-0.25, -0.2) is 4.79 Å². The first-order valence-corrected chi connectivity index (χ1v) is 6.79. The van der Waals surface area contributed by atoms with Crippen molar-refractivity contribution < 1.29 is 19.4 Å². The highest BCUT2D eigenvalue weighted by Gasteiger charge is 2.11. The maximum absolute atomic E-state index is 11.6. The van der Waals surface area contributed by atoms with Crippen LogP contribution < -0.4 is 5.32 Å². The maximum Gasteiger partial charge on any atom is 0.412 e. The summed E-state index contributed by atoms with van der Waals surface area (Å²) in [4.78, 5) is 22.3. The molecule has 1 amide bonds. The molecule has 1 heterocycles. The average molecular weight is 291 g/mol. The number of ether oxygens (including phenoxy) is 1. The van der Waals surface area contributed by atoms with Gasteiger partial charge in [0, 0.05) is 0 Å². The SMILES string of the molecule is O=C(O)Cc1ccsc1NC(=O)OCc1ccccc1. The van der Waals surface area contributed by atoms with E-state index in [1.807, 2.05) is 30.3 Å². The lowest BCUT2D eigenvalue weighted by Gasteiger charge is -2.07. The van der Waals surface area contributed by atoms with E-state index in [2.05, 4.69) is 5.32 Å². The van der Waals surface area contributed by atoms with E-state index in [4.69, 9.17) is 9.84 Å². The second kappa shape index (κ2) is 6.72. The predicted molar refractivity (Wildman–Crippen MR) is 75.9 cm³/mol. The van der Waals surface area contributed by atoms with Gasteiger partial charge in [-0.05, 0) is 22.6 Å². The Morgan fingerprint density at radius 2 is 1.95 bits per heavy atom. The van der Waals surface area contributed by atoms with E-state index < -0.39 is 12.1 Å². The van der Waals surface area contributed by atoms with Gasteiger partial charge in [0.2, 0.25) is 0 Å². The molecule has 5 nitrogen and oxygen atoms in total. The van der Waals surface area contributed by atoms with Crippen LogP contribution in [0.5, 0.6) is 0 Å². The summed E-state index contributed by atoms with van der Waals surface area (Å²) in [6.07, 6.45) is -0.722. The van der Waals surface area contributed by atoms with Crippen molar-refractivity contribution in [3.05, 3.63) is 52.9 Å². The molecule has 2 rings (SSSR count). The van der Waals surface area contributed by atoms with Crippen LogP contribution in [0.2, 0.25) is 0 Å². The molecule has 0 saturated carbocycles. The summed E-state index contributed by atoms with van der Waals surface area (Å²) >= 11 is 1.27. The number of thiophene rings is 1. The Labute approximate surface area is 119 Å². The lowest BCUT2D eigenvalue weighted by molar-refractivity contribution is -0.136. The Balaban J connectivity index is 1.88. The number of carbonyl (C=O) groups is 2. The fourth-order valence-corrected chi connectivity index (χ4v) is 2.40. The van der Waals surface area contributed by atoms with Crippen molar-refractivity contribution in [2.24, 2.45) is 0 Å². The number of carboxylic acids is 1. The van der Waals surface area contributed by atoms with E-state index >= 15 is 0 Å². The van der Waals surface area contributed by atoms with Crippen LogP contribution in [0.4, 0.5) is 9.80 Å². The third-order valence-corrected chi connectivity index (χ3v) is 3.39. The van der Waals surface area contributed by atoms with E-state index in [0.717, 1.165) is 5.56 Å². The molecule has 20 heavy (non-hydrogen) atoms. The molecule has 0 aliphatic heterocycles. The van der Waals surface area contributed by atoms with Crippen LogP contribution in [0.15, 0.2) is 41.8 Å². The number of anilines is 1. The quantitative estimate of drug-likeness (QED) is 0.887. The van der Waals surface area contributed by atoms with Crippen LogP contribution in [0.1, 0.15) is 11.1 Å². The van der Waals surface area contributed by atoms with Crippen molar-refractivity contribution in [1.29, 1.82) is 0 Å². The predicted octanol–water partition coefficient (Wildman–Crippen LogP) is 3.12. The first-order valence-electron chi connectivity index (χ1n) is 5.91. The highest BCUT2D eigenvalue weighted by molar-refractivity contribution is 7.14. The standard InChI is InChI=1S/C14H13NO4S/c16-12(17)8-11-6-7-20-13(11)15-14(18)19-9-10-4-2-1-3-5-10/h1-7H,8-9H2,(H,15,18)(H,16,17). The third kappa shape index (κ3) is 4.10. The molecule has 0 bridgehead atoms. The number of amides is 1. The summed E-state index contributed by atoms with van der Waals surface area (Å²) in [5.74, 6) is -0.941. The van der Waals surface area contributed by atoms with Crippen LogP contribution >= 0.6 is 11.3 Å². The number of aliphatic carboxylic acids is 1. The fraction of sp³-hybridized carbons (Fsp3) is 0.143. The first-order chi connectivity index (χ1) is 9.65. The van der Waals surface area contributed by atoms with E-state index in [1.54, 1.807) is 11.4 Å². The van der Waals surface area contributed by atoms with Crippen molar-refractivity contribution in [2.75, 3.05) is 5.32 Å². The molecule has 0 aliphatic rings. The third-order valence-electron chi connectivity index (χ3n) is 2.52. The monoisotopic (exact) mass is 291 g/mol. The van der Waals surface area contributed by atoms with Crippen molar-refractivity contribution in [1.82, 2.24) is 0 Å². The van der Waals surface area contributed by atoms with Gasteiger partial charge in [0.05, 0.1) is 6.42 Å². The molecule has 0 fully saturated rings. The summed E-state index contributed by atoms with van der Waals surface area (Å²) in [6.45, 7) is 0.173. The number of hydrogen-bond acceptors (Lipinski definition) is 4. The molecule has 2 aromatic rings. The van der Waals surface area contributed by atoms with Gasteiger partial charge >= 0.3 is 12.1 Å². The van der Waals surface area contributed by atoms with Gasteiger partial charge in [-0.15, -0.1) is 11.3 Å². The topological polar surface area (TPSA) is 75.6 Å². The number of carbonyl (C=O) groups excluding carboxylic acids is 1. The summed E-state index contributed by atoms with van der Waals surface area (Å²) in [5.41, 5.74) is 1.46.